The van der Waals surface area contributed by atoms with E-state index in [2.05, 4.69) is 0 Å². The highest BCUT2D eigenvalue weighted by molar-refractivity contribution is 6.51. The first kappa shape index (κ1) is 12.1. The van der Waals surface area contributed by atoms with Crippen LogP contribution in [0.5, 0.6) is 0 Å². The molecule has 2 nitrogen and oxygen atoms in total. The standard InChI is InChI=1S/C10H16Cl2O2/c1-4-6(8(13)14)5-7-9(2,3)10(7,11)12/h6-7H,4-5H2,1-3H3,(H,13,14). The van der Waals surface area contributed by atoms with E-state index in [-0.39, 0.29) is 17.3 Å². The van der Waals surface area contributed by atoms with Crippen molar-refractivity contribution in [2.75, 3.05) is 0 Å². The first-order chi connectivity index (χ1) is 6.25. The Morgan fingerprint density at radius 2 is 1.93 bits per heavy atom. The number of carbonyl (C=O) groups is 1. The summed E-state index contributed by atoms with van der Waals surface area (Å²) in [4.78, 5) is 10.8. The third kappa shape index (κ3) is 1.74. The summed E-state index contributed by atoms with van der Waals surface area (Å²) in [5, 5.41) is 8.90. The lowest BCUT2D eigenvalue weighted by atomic mass is 9.96. The van der Waals surface area contributed by atoms with E-state index >= 15 is 0 Å². The molecule has 0 amide bonds. The minimum Gasteiger partial charge on any atom is -0.481 e. The van der Waals surface area contributed by atoms with Gasteiger partial charge in [-0.15, -0.1) is 23.2 Å². The van der Waals surface area contributed by atoms with Gasteiger partial charge >= 0.3 is 5.97 Å². The van der Waals surface area contributed by atoms with E-state index in [1.165, 1.54) is 0 Å². The lowest BCUT2D eigenvalue weighted by Crippen LogP contribution is -2.14. The molecule has 0 aliphatic heterocycles. The smallest absolute Gasteiger partial charge is 0.306 e. The van der Waals surface area contributed by atoms with Crippen LogP contribution in [0.3, 0.4) is 0 Å². The molecule has 1 N–H and O–H groups in total. The fourth-order valence-corrected chi connectivity index (χ4v) is 2.80. The number of alkyl halides is 2. The largest absolute Gasteiger partial charge is 0.481 e. The van der Waals surface area contributed by atoms with Gasteiger partial charge in [0.1, 0.15) is 4.33 Å². The Labute approximate surface area is 94.6 Å². The summed E-state index contributed by atoms with van der Waals surface area (Å²) in [6.07, 6.45) is 1.21. The molecule has 1 rings (SSSR count). The SMILES string of the molecule is CCC(CC1C(C)(C)C1(Cl)Cl)C(=O)O. The average Bonchev–Trinajstić information content (AvgIpc) is 2.40. The third-order valence-corrected chi connectivity index (χ3v) is 4.95. The lowest BCUT2D eigenvalue weighted by Gasteiger charge is -2.09. The first-order valence-electron chi connectivity index (χ1n) is 4.85. The zero-order valence-corrected chi connectivity index (χ0v) is 10.2. The van der Waals surface area contributed by atoms with Crippen LogP contribution < -0.4 is 0 Å². The molecule has 0 aromatic rings. The second-order valence-corrected chi connectivity index (χ2v) is 5.96. The van der Waals surface area contributed by atoms with Gasteiger partial charge in [-0.3, -0.25) is 4.79 Å². The molecule has 0 spiro atoms. The molecular formula is C10H16Cl2O2. The Bertz CT molecular complexity index is 235. The van der Waals surface area contributed by atoms with Crippen molar-refractivity contribution >= 4 is 29.2 Å². The van der Waals surface area contributed by atoms with E-state index in [1.807, 2.05) is 20.8 Å². The van der Waals surface area contributed by atoms with Crippen molar-refractivity contribution in [1.29, 1.82) is 0 Å². The van der Waals surface area contributed by atoms with E-state index < -0.39 is 10.3 Å². The van der Waals surface area contributed by atoms with E-state index in [0.717, 1.165) is 0 Å². The minimum absolute atomic E-state index is 0.0967. The van der Waals surface area contributed by atoms with Gasteiger partial charge in [0.25, 0.3) is 0 Å². The zero-order valence-electron chi connectivity index (χ0n) is 8.68. The van der Waals surface area contributed by atoms with Crippen molar-refractivity contribution in [2.24, 2.45) is 17.3 Å². The molecule has 0 aromatic carbocycles. The van der Waals surface area contributed by atoms with Crippen molar-refractivity contribution in [2.45, 2.75) is 37.9 Å². The highest BCUT2D eigenvalue weighted by Gasteiger charge is 2.69. The maximum absolute atomic E-state index is 10.8. The lowest BCUT2D eigenvalue weighted by molar-refractivity contribution is -0.142. The minimum atomic E-state index is -0.751. The molecule has 2 unspecified atom stereocenters. The van der Waals surface area contributed by atoms with Gasteiger partial charge in [-0.05, 0) is 12.8 Å². The number of aliphatic carboxylic acids is 1. The van der Waals surface area contributed by atoms with Crippen LogP contribution in [0.1, 0.15) is 33.6 Å². The summed E-state index contributed by atoms with van der Waals surface area (Å²) in [5.41, 5.74) is -0.154. The van der Waals surface area contributed by atoms with Crippen LogP contribution in [0.15, 0.2) is 0 Å². The molecule has 0 heterocycles. The molecule has 0 saturated heterocycles. The van der Waals surface area contributed by atoms with Crippen molar-refractivity contribution in [3.8, 4) is 0 Å². The highest BCUT2D eigenvalue weighted by Crippen LogP contribution is 2.70. The van der Waals surface area contributed by atoms with Crippen LogP contribution >= 0.6 is 23.2 Å². The molecular weight excluding hydrogens is 223 g/mol. The number of hydrogen-bond acceptors (Lipinski definition) is 1. The number of hydrogen-bond donors (Lipinski definition) is 1. The maximum atomic E-state index is 10.8. The third-order valence-electron chi connectivity index (χ3n) is 3.45. The molecule has 0 radical (unpaired) electrons. The van der Waals surface area contributed by atoms with Crippen LogP contribution in [0.25, 0.3) is 0 Å². The Morgan fingerprint density at radius 3 is 2.14 bits per heavy atom. The average molecular weight is 239 g/mol. The summed E-state index contributed by atoms with van der Waals surface area (Å²) >= 11 is 12.2. The Morgan fingerprint density at radius 1 is 1.50 bits per heavy atom. The van der Waals surface area contributed by atoms with E-state index in [1.54, 1.807) is 0 Å². The van der Waals surface area contributed by atoms with Gasteiger partial charge in [-0.1, -0.05) is 20.8 Å². The monoisotopic (exact) mass is 238 g/mol. The highest BCUT2D eigenvalue weighted by atomic mass is 35.5. The first-order valence-corrected chi connectivity index (χ1v) is 5.61. The van der Waals surface area contributed by atoms with Crippen LogP contribution in [-0.4, -0.2) is 15.4 Å². The summed E-state index contributed by atoms with van der Waals surface area (Å²) in [6, 6.07) is 0. The van der Waals surface area contributed by atoms with Crippen molar-refractivity contribution < 1.29 is 9.90 Å². The van der Waals surface area contributed by atoms with Gasteiger partial charge < -0.3 is 5.11 Å². The molecule has 2 atom stereocenters. The predicted molar refractivity (Wildman–Crippen MR) is 57.7 cm³/mol. The Balaban J connectivity index is 2.60. The number of carboxylic acids is 1. The van der Waals surface area contributed by atoms with Crippen LogP contribution in [0.4, 0.5) is 0 Å². The summed E-state index contributed by atoms with van der Waals surface area (Å²) in [5.74, 6) is -0.975. The van der Waals surface area contributed by atoms with Gasteiger partial charge in [0.05, 0.1) is 5.92 Å². The summed E-state index contributed by atoms with van der Waals surface area (Å²) < 4.78 is -0.740. The fraction of sp³-hybridized carbons (Fsp3) is 0.900. The quantitative estimate of drug-likeness (QED) is 0.764. The molecule has 1 fully saturated rings. The summed E-state index contributed by atoms with van der Waals surface area (Å²) in [6.45, 7) is 5.83. The Kier molecular flexibility index (Phi) is 3.09. The molecule has 0 bridgehead atoms. The van der Waals surface area contributed by atoms with Gasteiger partial charge in [0.2, 0.25) is 0 Å². The molecule has 1 aliphatic carbocycles. The zero-order chi connectivity index (χ0) is 11.1. The summed E-state index contributed by atoms with van der Waals surface area (Å²) in [7, 11) is 0. The molecule has 1 saturated carbocycles. The molecule has 82 valence electrons. The molecule has 0 aromatic heterocycles. The second-order valence-electron chi connectivity index (χ2n) is 4.58. The Hall–Kier alpha value is 0.0500. The van der Waals surface area contributed by atoms with E-state index in [4.69, 9.17) is 28.3 Å². The van der Waals surface area contributed by atoms with Crippen molar-refractivity contribution in [3.05, 3.63) is 0 Å². The number of rotatable bonds is 4. The molecule has 1 aliphatic rings. The van der Waals surface area contributed by atoms with Gasteiger partial charge in [-0.2, -0.15) is 0 Å². The van der Waals surface area contributed by atoms with Crippen LogP contribution in [-0.2, 0) is 4.79 Å². The topological polar surface area (TPSA) is 37.3 Å². The van der Waals surface area contributed by atoms with Crippen LogP contribution in [0, 0.1) is 17.3 Å². The van der Waals surface area contributed by atoms with Crippen LogP contribution in [0.2, 0.25) is 0 Å². The van der Waals surface area contributed by atoms with E-state index in [9.17, 15) is 4.79 Å². The molecule has 14 heavy (non-hydrogen) atoms. The number of halogens is 2. The maximum Gasteiger partial charge on any atom is 0.306 e. The number of carboxylic acid groups (broad SMARTS) is 1. The fourth-order valence-electron chi connectivity index (χ4n) is 1.93. The van der Waals surface area contributed by atoms with E-state index in [0.29, 0.717) is 12.8 Å². The molecule has 4 heteroatoms. The van der Waals surface area contributed by atoms with Crippen molar-refractivity contribution in [1.82, 2.24) is 0 Å². The van der Waals surface area contributed by atoms with Crippen molar-refractivity contribution in [3.63, 3.8) is 0 Å². The van der Waals surface area contributed by atoms with Gasteiger partial charge in [0.15, 0.2) is 0 Å². The van der Waals surface area contributed by atoms with Gasteiger partial charge in [0, 0.05) is 11.3 Å². The predicted octanol–water partition coefficient (Wildman–Crippen LogP) is 3.32. The second kappa shape index (κ2) is 3.57. The normalized spacial score (nSPS) is 29.6. The van der Waals surface area contributed by atoms with Gasteiger partial charge in [-0.25, -0.2) is 0 Å².